The lowest BCUT2D eigenvalue weighted by molar-refractivity contribution is -0.132. The van der Waals surface area contributed by atoms with Crippen LogP contribution in [0.15, 0.2) is 78.3 Å². The second-order valence-corrected chi connectivity index (χ2v) is 13.6. The van der Waals surface area contributed by atoms with Gasteiger partial charge in [0.15, 0.2) is 11.4 Å². The van der Waals surface area contributed by atoms with Crippen LogP contribution < -0.4 is 11.1 Å². The highest BCUT2D eigenvalue weighted by molar-refractivity contribution is 6.33. The molecule has 0 unspecified atom stereocenters. The number of aryl methyl sites for hydroxylation is 1. The molecule has 49 heavy (non-hydrogen) atoms. The fraction of sp³-hybridized carbons (Fsp3) is 0.353. The number of benzene rings is 2. The first-order valence-corrected chi connectivity index (χ1v) is 16.0. The number of halogens is 3. The minimum Gasteiger partial charge on any atom is -0.447 e. The molecule has 2 amide bonds. The van der Waals surface area contributed by atoms with Gasteiger partial charge in [-0.1, -0.05) is 68.8 Å². The first kappa shape index (κ1) is 33.8. The first-order chi connectivity index (χ1) is 23.3. The van der Waals surface area contributed by atoms with E-state index in [1.54, 1.807) is 60.3 Å². The number of nitrogens with one attached hydrogen (secondary N) is 1. The van der Waals surface area contributed by atoms with Gasteiger partial charge in [0.05, 0.1) is 17.3 Å². The Morgan fingerprint density at radius 1 is 1.16 bits per heavy atom. The summed E-state index contributed by atoms with van der Waals surface area (Å²) in [5.41, 5.74) is 7.42. The van der Waals surface area contributed by atoms with Gasteiger partial charge >= 0.3 is 12.6 Å². The molecule has 4 aromatic rings. The molecule has 2 aromatic heterocycles. The third-order valence-corrected chi connectivity index (χ3v) is 8.61. The fourth-order valence-electron chi connectivity index (χ4n) is 5.52. The number of nitrogens with zero attached hydrogens (tertiary/aromatic N) is 7. The average Bonchev–Trinajstić information content (AvgIpc) is 3.43. The molecule has 0 radical (unpaired) electrons. The molecule has 1 aliphatic heterocycles. The molecule has 1 fully saturated rings. The Labute approximate surface area is 286 Å². The molecule has 1 saturated carbocycles. The molecule has 0 bridgehead atoms. The maximum Gasteiger partial charge on any atom is 0.407 e. The first-order valence-electron chi connectivity index (χ1n) is 15.7. The predicted octanol–water partition coefficient (Wildman–Crippen LogP) is 5.98. The number of aromatic nitrogens is 5. The van der Waals surface area contributed by atoms with E-state index in [-0.39, 0.29) is 24.0 Å². The number of guanidine groups is 1. The highest BCUT2D eigenvalue weighted by Gasteiger charge is 2.50. The summed E-state index contributed by atoms with van der Waals surface area (Å²) < 4.78 is 34.2. The van der Waals surface area contributed by atoms with Gasteiger partial charge in [0.1, 0.15) is 12.9 Å². The molecule has 3 heterocycles. The van der Waals surface area contributed by atoms with Crippen LogP contribution in [-0.4, -0.2) is 60.1 Å². The lowest BCUT2D eigenvalue weighted by Crippen LogP contribution is -2.46. The van der Waals surface area contributed by atoms with E-state index >= 15 is 0 Å². The maximum absolute atomic E-state index is 14.8. The Kier molecular flexibility index (Phi) is 9.01. The highest BCUT2D eigenvalue weighted by atomic mass is 35.5. The van der Waals surface area contributed by atoms with Crippen molar-refractivity contribution in [2.24, 2.45) is 23.2 Å². The van der Waals surface area contributed by atoms with Gasteiger partial charge in [-0.15, -0.1) is 0 Å². The summed E-state index contributed by atoms with van der Waals surface area (Å²) in [4.78, 5) is 38.0. The molecule has 2 aromatic carbocycles. The van der Waals surface area contributed by atoms with Crippen LogP contribution in [0.25, 0.3) is 22.5 Å². The van der Waals surface area contributed by atoms with Crippen molar-refractivity contribution in [3.05, 3.63) is 89.5 Å². The maximum atomic E-state index is 14.8. The topological polar surface area (TPSA) is 146 Å². The van der Waals surface area contributed by atoms with E-state index in [4.69, 9.17) is 27.1 Å². The number of aliphatic imine (C=N–C) groups is 1. The van der Waals surface area contributed by atoms with E-state index in [1.165, 1.54) is 23.6 Å². The summed E-state index contributed by atoms with van der Waals surface area (Å²) in [6.07, 6.45) is 8.74. The average molecular weight is 692 g/mol. The predicted molar refractivity (Wildman–Crippen MR) is 179 cm³/mol. The van der Waals surface area contributed by atoms with Crippen LogP contribution in [0, 0.1) is 5.41 Å². The van der Waals surface area contributed by atoms with E-state index in [0.29, 0.717) is 43.3 Å². The Morgan fingerprint density at radius 3 is 2.51 bits per heavy atom. The van der Waals surface area contributed by atoms with Crippen molar-refractivity contribution in [1.82, 2.24) is 34.8 Å². The van der Waals surface area contributed by atoms with Crippen molar-refractivity contribution in [3.8, 4) is 22.5 Å². The number of amides is 2. The number of carbonyl (C=O) groups excluding carboxylic acids is 2. The van der Waals surface area contributed by atoms with Gasteiger partial charge < -0.3 is 15.8 Å². The van der Waals surface area contributed by atoms with Crippen molar-refractivity contribution in [2.45, 2.75) is 57.8 Å². The van der Waals surface area contributed by atoms with E-state index < -0.39 is 30.1 Å². The van der Waals surface area contributed by atoms with Crippen LogP contribution in [0.1, 0.15) is 57.3 Å². The molecular weight excluding hydrogens is 656 g/mol. The normalized spacial score (nSPS) is 18.7. The van der Waals surface area contributed by atoms with Gasteiger partial charge in [0.2, 0.25) is 5.96 Å². The molecule has 1 aliphatic carbocycles. The largest absolute Gasteiger partial charge is 0.447 e. The summed E-state index contributed by atoms with van der Waals surface area (Å²) in [5.74, 6) is -0.0682. The number of carbonyl (C=O) groups is 2. The molecule has 0 saturated heterocycles. The second kappa shape index (κ2) is 13.1. The summed E-state index contributed by atoms with van der Waals surface area (Å²) in [7, 11) is 1.73. The van der Waals surface area contributed by atoms with Gasteiger partial charge in [-0.3, -0.25) is 9.69 Å². The van der Waals surface area contributed by atoms with Crippen LogP contribution in [0.3, 0.4) is 0 Å². The van der Waals surface area contributed by atoms with Gasteiger partial charge in [-0.2, -0.15) is 19.0 Å². The Bertz CT molecular complexity index is 1930. The van der Waals surface area contributed by atoms with Crippen LogP contribution in [0.2, 0.25) is 5.02 Å². The van der Waals surface area contributed by atoms with Crippen LogP contribution in [0.5, 0.6) is 0 Å². The van der Waals surface area contributed by atoms with E-state index in [1.807, 2.05) is 26.8 Å². The monoisotopic (exact) mass is 691 g/mol. The molecule has 256 valence electrons. The number of rotatable bonds is 10. The molecule has 3 N–H and O–H groups in total. The summed E-state index contributed by atoms with van der Waals surface area (Å²) in [6, 6.07) is 11.2. The van der Waals surface area contributed by atoms with E-state index in [9.17, 15) is 18.4 Å². The fourth-order valence-corrected chi connectivity index (χ4v) is 5.72. The molecule has 15 heteroatoms. The molecule has 12 nitrogen and oxygen atoms in total. The van der Waals surface area contributed by atoms with Gasteiger partial charge in [0, 0.05) is 30.4 Å². The zero-order valence-electron chi connectivity index (χ0n) is 27.3. The zero-order valence-corrected chi connectivity index (χ0v) is 28.1. The molecule has 2 atom stereocenters. The molecule has 2 aliphatic rings. The summed E-state index contributed by atoms with van der Waals surface area (Å²) in [6.45, 7) is 2.95. The third kappa shape index (κ3) is 7.05. The third-order valence-electron chi connectivity index (χ3n) is 8.28. The van der Waals surface area contributed by atoms with Crippen molar-refractivity contribution in [2.75, 3.05) is 6.61 Å². The van der Waals surface area contributed by atoms with Gasteiger partial charge in [-0.05, 0) is 53.2 Å². The number of alkyl carbamates (subject to hydrolysis) is 1. The summed E-state index contributed by atoms with van der Waals surface area (Å²) in [5, 5.41) is 11.1. The Hall–Kier alpha value is -5.11. The lowest BCUT2D eigenvalue weighted by Gasteiger charge is -2.31. The van der Waals surface area contributed by atoms with Crippen molar-refractivity contribution < 1.29 is 23.1 Å². The summed E-state index contributed by atoms with van der Waals surface area (Å²) >= 11 is 6.60. The van der Waals surface area contributed by atoms with E-state index in [0.717, 1.165) is 12.8 Å². The number of hydrogen-bond acceptors (Lipinski definition) is 8. The minimum absolute atomic E-state index is 0.0620. The molecular formula is C34H36ClF2N9O3. The standard InChI is InChI=1S/C34H36ClF2N9O3/c1-33(2,3)13-14-34(23-8-5-20(6-9-23)22-16-40-45(17-22)30(36)37)29(47)46(31(38)43-34)27(18-49-32(48)42-24-10-11-24)21-7-12-26(35)25(15-21)28-39-19-41-44(28)4/h5-9,12-17,19,24,27,30H,10-11,18H2,1-4H3,(H2,38,43)(H,42,48)/b14-13+/t27-,34-/m1/s1. The number of alkyl halides is 2. The SMILES string of the molecule is Cn1ncnc1-c1cc([C@@H](COC(=O)NC2CC2)N2C(=O)[C@@](/C=C/C(C)(C)C)(c3ccc(-c4cnn(C(F)F)c4)cc3)N=C2N)ccc1Cl. The molecule has 0 spiro atoms. The number of allylic oxidation sites excluding steroid dienone is 1. The Balaban J connectivity index is 1.41. The van der Waals surface area contributed by atoms with Gasteiger partial charge in [0.25, 0.3) is 5.91 Å². The number of nitrogens with two attached hydrogens (primary N) is 1. The molecule has 6 rings (SSSR count). The zero-order chi connectivity index (χ0) is 35.1. The number of ether oxygens (including phenoxy) is 1. The smallest absolute Gasteiger partial charge is 0.407 e. The second-order valence-electron chi connectivity index (χ2n) is 13.2. The number of hydrogen-bond donors (Lipinski definition) is 2. The van der Waals surface area contributed by atoms with Crippen LogP contribution in [-0.2, 0) is 22.1 Å². The lowest BCUT2D eigenvalue weighted by atomic mass is 9.85. The Morgan fingerprint density at radius 2 is 1.90 bits per heavy atom. The van der Waals surface area contributed by atoms with Gasteiger partial charge in [-0.25, -0.2) is 24.1 Å². The van der Waals surface area contributed by atoms with Crippen molar-refractivity contribution in [3.63, 3.8) is 0 Å². The highest BCUT2D eigenvalue weighted by Crippen LogP contribution is 2.41. The minimum atomic E-state index is -2.77. The van der Waals surface area contributed by atoms with E-state index in [2.05, 4.69) is 20.5 Å². The van der Waals surface area contributed by atoms with Crippen molar-refractivity contribution in [1.29, 1.82) is 0 Å². The quantitative estimate of drug-likeness (QED) is 0.195. The van der Waals surface area contributed by atoms with Crippen molar-refractivity contribution >= 4 is 29.6 Å². The van der Waals surface area contributed by atoms with Crippen LogP contribution >= 0.6 is 11.6 Å². The van der Waals surface area contributed by atoms with Crippen LogP contribution in [0.4, 0.5) is 13.6 Å².